The number of hydrogen-bond donors (Lipinski definition) is 1. The van der Waals surface area contributed by atoms with E-state index in [2.05, 4.69) is 21.7 Å². The van der Waals surface area contributed by atoms with Crippen molar-refractivity contribution in [1.29, 1.82) is 0 Å². The zero-order valence-corrected chi connectivity index (χ0v) is 22.0. The standard InChI is InChI=1S/C30H35N5O3/c1-2-38-29(37)24(33-25-17-26(36)30(25)12-4-3-5-13-30)14-19-8-10-22(11-9-19)35-27(15-20-6-7-20)34-23-16-21(31)18-32-28(23)35/h8-11,16,18,20,24H,2-7,12-15,17,31H2,1H3/t24-/m0/s1. The maximum atomic E-state index is 12.9. The minimum absolute atomic E-state index is 0.285. The Labute approximate surface area is 222 Å². The van der Waals surface area contributed by atoms with Gasteiger partial charge in [-0.1, -0.05) is 31.4 Å². The first-order valence-corrected chi connectivity index (χ1v) is 14.0. The number of nitrogens with two attached hydrogens (primary N) is 1. The summed E-state index contributed by atoms with van der Waals surface area (Å²) in [6.45, 7) is 2.11. The van der Waals surface area contributed by atoms with E-state index in [1.165, 1.54) is 12.8 Å². The number of aromatic nitrogens is 3. The molecule has 1 spiro atoms. The van der Waals surface area contributed by atoms with E-state index in [4.69, 9.17) is 20.4 Å². The topological polar surface area (TPSA) is 112 Å². The predicted octanol–water partition coefficient (Wildman–Crippen LogP) is 4.79. The molecule has 3 aromatic rings. The highest BCUT2D eigenvalue weighted by atomic mass is 16.5. The summed E-state index contributed by atoms with van der Waals surface area (Å²) in [6.07, 6.45) is 10.8. The number of nitrogens with zero attached hydrogens (tertiary/aromatic N) is 4. The lowest BCUT2D eigenvalue weighted by Crippen LogP contribution is -2.52. The van der Waals surface area contributed by atoms with Crippen molar-refractivity contribution in [2.75, 3.05) is 12.3 Å². The zero-order chi connectivity index (χ0) is 26.3. The highest BCUT2D eigenvalue weighted by Crippen LogP contribution is 2.47. The number of carbonyl (C=O) groups excluding carboxylic acids is 2. The SMILES string of the molecule is CCOC(=O)[C@H](Cc1ccc(-n2c(CC3CC3)nc3cc(N)cnc32)cc1)N=C1CC(=O)C12CCCCC2. The van der Waals surface area contributed by atoms with E-state index in [9.17, 15) is 9.59 Å². The lowest BCUT2D eigenvalue weighted by molar-refractivity contribution is -0.144. The third-order valence-corrected chi connectivity index (χ3v) is 8.37. The summed E-state index contributed by atoms with van der Waals surface area (Å²) in [6, 6.07) is 9.40. The Kier molecular flexibility index (Phi) is 6.50. The third-order valence-electron chi connectivity index (χ3n) is 8.37. The van der Waals surface area contributed by atoms with Crippen LogP contribution in [-0.4, -0.2) is 44.6 Å². The molecule has 1 atom stereocenters. The summed E-state index contributed by atoms with van der Waals surface area (Å²) in [5, 5.41) is 0. The second-order valence-corrected chi connectivity index (χ2v) is 11.1. The molecule has 3 fully saturated rings. The average molecular weight is 514 g/mol. The molecule has 6 rings (SSSR count). The smallest absolute Gasteiger partial charge is 0.331 e. The van der Waals surface area contributed by atoms with Crippen LogP contribution >= 0.6 is 0 Å². The van der Waals surface area contributed by atoms with Crippen molar-refractivity contribution >= 4 is 34.3 Å². The molecule has 1 aromatic carbocycles. The van der Waals surface area contributed by atoms with E-state index in [-0.39, 0.29) is 11.8 Å². The van der Waals surface area contributed by atoms with Gasteiger partial charge in [0.05, 0.1) is 23.9 Å². The van der Waals surface area contributed by atoms with Crippen LogP contribution in [0.15, 0.2) is 41.5 Å². The molecule has 0 aliphatic heterocycles. The predicted molar refractivity (Wildman–Crippen MR) is 146 cm³/mol. The Morgan fingerprint density at radius 3 is 2.66 bits per heavy atom. The van der Waals surface area contributed by atoms with Crippen LogP contribution in [0, 0.1) is 11.3 Å². The van der Waals surface area contributed by atoms with Gasteiger partial charge in [0, 0.05) is 30.7 Å². The van der Waals surface area contributed by atoms with Crippen LogP contribution in [0.5, 0.6) is 0 Å². The molecule has 2 N–H and O–H groups in total. The van der Waals surface area contributed by atoms with Crippen LogP contribution in [0.1, 0.15) is 69.7 Å². The quantitative estimate of drug-likeness (QED) is 0.433. The van der Waals surface area contributed by atoms with E-state index in [0.29, 0.717) is 31.1 Å². The minimum atomic E-state index is -0.646. The second-order valence-electron chi connectivity index (χ2n) is 11.1. The first kappa shape index (κ1) is 24.8. The van der Waals surface area contributed by atoms with Gasteiger partial charge in [-0.25, -0.2) is 14.8 Å². The first-order valence-electron chi connectivity index (χ1n) is 14.0. The van der Waals surface area contributed by atoms with Gasteiger partial charge in [0.15, 0.2) is 11.7 Å². The number of pyridine rings is 1. The Morgan fingerprint density at radius 1 is 1.21 bits per heavy atom. The van der Waals surface area contributed by atoms with Gasteiger partial charge in [0.25, 0.3) is 0 Å². The van der Waals surface area contributed by atoms with E-state index in [1.807, 2.05) is 25.1 Å². The number of nitrogen functional groups attached to an aromatic ring is 1. The van der Waals surface area contributed by atoms with Crippen LogP contribution in [0.4, 0.5) is 5.69 Å². The van der Waals surface area contributed by atoms with Crippen molar-refractivity contribution in [3.8, 4) is 5.69 Å². The molecule has 2 aromatic heterocycles. The van der Waals surface area contributed by atoms with Crippen molar-refractivity contribution in [3.05, 3.63) is 47.9 Å². The average Bonchev–Trinajstić information content (AvgIpc) is 3.67. The molecule has 0 unspecified atom stereocenters. The van der Waals surface area contributed by atoms with Gasteiger partial charge in [-0.15, -0.1) is 0 Å². The summed E-state index contributed by atoms with van der Waals surface area (Å²) in [7, 11) is 0. The number of ether oxygens (including phenoxy) is 1. The molecule has 198 valence electrons. The summed E-state index contributed by atoms with van der Waals surface area (Å²) >= 11 is 0. The molecule has 38 heavy (non-hydrogen) atoms. The summed E-state index contributed by atoms with van der Waals surface area (Å²) < 4.78 is 7.50. The number of anilines is 1. The van der Waals surface area contributed by atoms with E-state index >= 15 is 0 Å². The van der Waals surface area contributed by atoms with E-state index < -0.39 is 11.5 Å². The number of Topliss-reactive ketones (excluding diaryl/α,β-unsaturated/α-hetero) is 1. The van der Waals surface area contributed by atoms with Gasteiger partial charge >= 0.3 is 5.97 Å². The van der Waals surface area contributed by atoms with Gasteiger partial charge in [0.2, 0.25) is 0 Å². The molecule has 3 aliphatic carbocycles. The second kappa shape index (κ2) is 9.97. The summed E-state index contributed by atoms with van der Waals surface area (Å²) in [5.74, 6) is 1.63. The number of benzene rings is 1. The largest absolute Gasteiger partial charge is 0.464 e. The normalized spacial score (nSPS) is 20.6. The van der Waals surface area contributed by atoms with Crippen molar-refractivity contribution in [3.63, 3.8) is 0 Å². The van der Waals surface area contributed by atoms with E-state index in [0.717, 1.165) is 72.5 Å². The fourth-order valence-electron chi connectivity index (χ4n) is 6.07. The van der Waals surface area contributed by atoms with Crippen molar-refractivity contribution in [2.45, 2.75) is 77.2 Å². The molecule has 0 amide bonds. The molecule has 0 radical (unpaired) electrons. The van der Waals surface area contributed by atoms with Crippen LogP contribution in [0.3, 0.4) is 0 Å². The number of imidazole rings is 1. The van der Waals surface area contributed by atoms with Gasteiger partial charge < -0.3 is 10.5 Å². The van der Waals surface area contributed by atoms with Gasteiger partial charge in [-0.05, 0) is 62.3 Å². The maximum absolute atomic E-state index is 12.9. The molecule has 0 saturated heterocycles. The zero-order valence-electron chi connectivity index (χ0n) is 22.0. The molecule has 3 saturated carbocycles. The van der Waals surface area contributed by atoms with E-state index in [1.54, 1.807) is 6.20 Å². The Hall–Kier alpha value is -3.55. The number of carbonyl (C=O) groups is 2. The molecular weight excluding hydrogens is 478 g/mol. The van der Waals surface area contributed by atoms with Crippen LogP contribution in [0.2, 0.25) is 0 Å². The number of esters is 1. The number of hydrogen-bond acceptors (Lipinski definition) is 7. The van der Waals surface area contributed by atoms with Crippen LogP contribution < -0.4 is 5.73 Å². The fraction of sp³-hybridized carbons (Fsp3) is 0.500. The summed E-state index contributed by atoms with van der Waals surface area (Å²) in [5.41, 5.74) is 10.6. The lowest BCUT2D eigenvalue weighted by Gasteiger charge is -2.44. The van der Waals surface area contributed by atoms with Gasteiger partial charge in [-0.2, -0.15) is 0 Å². The Morgan fingerprint density at radius 2 is 1.97 bits per heavy atom. The maximum Gasteiger partial charge on any atom is 0.331 e. The molecular formula is C30H35N5O3. The lowest BCUT2D eigenvalue weighted by atomic mass is 9.58. The molecule has 2 heterocycles. The Balaban J connectivity index is 1.28. The highest BCUT2D eigenvalue weighted by Gasteiger charge is 2.52. The number of fused-ring (bicyclic) bond motifs is 1. The van der Waals surface area contributed by atoms with Crippen molar-refractivity contribution in [1.82, 2.24) is 14.5 Å². The first-order chi connectivity index (χ1) is 18.5. The third kappa shape index (κ3) is 4.61. The monoisotopic (exact) mass is 513 g/mol. The van der Waals surface area contributed by atoms with Crippen molar-refractivity contribution < 1.29 is 14.3 Å². The molecule has 8 heteroatoms. The van der Waals surface area contributed by atoms with Crippen LogP contribution in [0.25, 0.3) is 16.9 Å². The molecule has 8 nitrogen and oxygen atoms in total. The number of rotatable bonds is 8. The minimum Gasteiger partial charge on any atom is -0.464 e. The Bertz CT molecular complexity index is 1400. The highest BCUT2D eigenvalue weighted by molar-refractivity contribution is 6.27. The number of ketones is 1. The van der Waals surface area contributed by atoms with Crippen molar-refractivity contribution in [2.24, 2.45) is 16.3 Å². The fourth-order valence-corrected chi connectivity index (χ4v) is 6.07. The molecule has 3 aliphatic rings. The molecule has 0 bridgehead atoms. The number of aliphatic imine (C=N–C) groups is 1. The van der Waals surface area contributed by atoms with Gasteiger partial charge in [0.1, 0.15) is 17.1 Å². The van der Waals surface area contributed by atoms with Gasteiger partial charge in [-0.3, -0.25) is 14.4 Å². The summed E-state index contributed by atoms with van der Waals surface area (Å²) in [4.78, 5) is 39.8. The van der Waals surface area contributed by atoms with Crippen LogP contribution in [-0.2, 0) is 27.2 Å².